The average Bonchev–Trinajstić information content (AvgIpc) is 3.06. The molecule has 0 saturated heterocycles. The third-order valence-corrected chi connectivity index (χ3v) is 8.16. The first-order valence-corrected chi connectivity index (χ1v) is 19.0. The van der Waals surface area contributed by atoms with Gasteiger partial charge in [0.05, 0.1) is 11.4 Å². The fraction of sp³-hybridized carbons (Fsp3) is 0.543. The van der Waals surface area contributed by atoms with Gasteiger partial charge in [-0.15, -0.1) is 0 Å². The number of aryl methyl sites for hydroxylation is 6. The molecule has 3 aromatic carbocycles. The largest absolute Gasteiger partial charge is 0.411 e. The lowest BCUT2D eigenvalue weighted by Gasteiger charge is -2.15. The predicted molar refractivity (Wildman–Crippen MR) is 230 cm³/mol. The topological polar surface area (TPSA) is 78.0 Å². The van der Waals surface area contributed by atoms with Crippen LogP contribution in [-0.2, 0) is 4.84 Å². The second kappa shape index (κ2) is 27.0. The maximum absolute atomic E-state index is 8.74. The Bertz CT molecular complexity index is 1460. The third-order valence-electron chi connectivity index (χ3n) is 8.16. The van der Waals surface area contributed by atoms with E-state index in [4.69, 9.17) is 15.5 Å². The van der Waals surface area contributed by atoms with Crippen molar-refractivity contribution >= 4 is 17.1 Å². The van der Waals surface area contributed by atoms with Gasteiger partial charge in [-0.3, -0.25) is 0 Å². The molecule has 3 rings (SSSR count). The fourth-order valence-corrected chi connectivity index (χ4v) is 6.54. The van der Waals surface area contributed by atoms with Crippen molar-refractivity contribution in [1.82, 2.24) is 0 Å². The molecular weight excluding hydrogens is 627 g/mol. The highest BCUT2D eigenvalue weighted by Gasteiger charge is 2.12. The SMILES string of the molecule is C/C(=N\O)c1cc(C)c(C(C)C)c(C)c1.CC.CC.CC.CC(=N)c1cc(C)c(C(C)C)c(C)c1.CO/N=C(\C)c1cc(C)c(C(C)C)c(C)c1. The molecule has 0 fully saturated rings. The number of rotatable bonds is 7. The van der Waals surface area contributed by atoms with Crippen molar-refractivity contribution in [2.45, 2.75) is 163 Å². The zero-order chi connectivity index (χ0) is 40.8. The molecule has 0 heterocycles. The zero-order valence-corrected chi connectivity index (χ0v) is 36.9. The van der Waals surface area contributed by atoms with Crippen molar-refractivity contribution in [2.24, 2.45) is 10.3 Å². The molecule has 0 amide bonds. The summed E-state index contributed by atoms with van der Waals surface area (Å²) < 4.78 is 0. The van der Waals surface area contributed by atoms with E-state index in [9.17, 15) is 0 Å². The Hall–Kier alpha value is -3.73. The van der Waals surface area contributed by atoms with Crippen LogP contribution < -0.4 is 0 Å². The van der Waals surface area contributed by atoms with Gasteiger partial charge in [-0.25, -0.2) is 0 Å². The van der Waals surface area contributed by atoms with Crippen LogP contribution in [0.25, 0.3) is 0 Å². The molecule has 0 bridgehead atoms. The summed E-state index contributed by atoms with van der Waals surface area (Å²) in [7, 11) is 1.58. The number of benzene rings is 3. The summed E-state index contributed by atoms with van der Waals surface area (Å²) >= 11 is 0. The Labute approximate surface area is 315 Å². The predicted octanol–water partition coefficient (Wildman–Crippen LogP) is 14.3. The van der Waals surface area contributed by atoms with Crippen LogP contribution in [0.5, 0.6) is 0 Å². The van der Waals surface area contributed by atoms with E-state index in [0.717, 1.165) is 22.4 Å². The Morgan fingerprint density at radius 1 is 0.510 bits per heavy atom. The summed E-state index contributed by atoms with van der Waals surface area (Å²) in [6.45, 7) is 43.7. The minimum Gasteiger partial charge on any atom is -0.411 e. The summed E-state index contributed by atoms with van der Waals surface area (Å²) in [5.74, 6) is 1.66. The van der Waals surface area contributed by atoms with Gasteiger partial charge in [0.15, 0.2) is 0 Å². The first-order chi connectivity index (χ1) is 23.9. The Kier molecular flexibility index (Phi) is 27.3. The van der Waals surface area contributed by atoms with E-state index in [0.29, 0.717) is 29.2 Å². The molecule has 0 radical (unpaired) electrons. The lowest BCUT2D eigenvalue weighted by atomic mass is 9.90. The van der Waals surface area contributed by atoms with Crippen molar-refractivity contribution in [3.05, 3.63) is 103 Å². The van der Waals surface area contributed by atoms with E-state index in [1.54, 1.807) is 7.11 Å². The highest BCUT2D eigenvalue weighted by Crippen LogP contribution is 2.27. The van der Waals surface area contributed by atoms with Crippen molar-refractivity contribution in [2.75, 3.05) is 7.11 Å². The van der Waals surface area contributed by atoms with Crippen LogP contribution in [-0.4, -0.2) is 29.5 Å². The molecule has 0 spiro atoms. The summed E-state index contributed by atoms with van der Waals surface area (Å²) in [6, 6.07) is 12.8. The molecule has 5 heteroatoms. The van der Waals surface area contributed by atoms with Crippen LogP contribution in [0.2, 0.25) is 0 Å². The highest BCUT2D eigenvalue weighted by molar-refractivity contribution is 5.99. The Morgan fingerprint density at radius 2 is 0.745 bits per heavy atom. The van der Waals surface area contributed by atoms with Gasteiger partial charge in [0.2, 0.25) is 0 Å². The van der Waals surface area contributed by atoms with Crippen molar-refractivity contribution in [3.63, 3.8) is 0 Å². The van der Waals surface area contributed by atoms with Crippen molar-refractivity contribution in [3.8, 4) is 0 Å². The minimum absolute atomic E-state index is 0.533. The monoisotopic (exact) mass is 704 g/mol. The molecule has 51 heavy (non-hydrogen) atoms. The van der Waals surface area contributed by atoms with Gasteiger partial charge in [-0.1, -0.05) is 93.4 Å². The number of oxime groups is 2. The second-order valence-corrected chi connectivity index (χ2v) is 13.2. The average molecular weight is 704 g/mol. The van der Waals surface area contributed by atoms with Crippen molar-refractivity contribution < 1.29 is 10.0 Å². The van der Waals surface area contributed by atoms with Crippen LogP contribution in [0, 0.1) is 47.0 Å². The number of nitrogens with one attached hydrogen (secondary N) is 1. The fourth-order valence-electron chi connectivity index (χ4n) is 6.54. The van der Waals surface area contributed by atoms with E-state index < -0.39 is 0 Å². The van der Waals surface area contributed by atoms with Crippen LogP contribution in [0.1, 0.15) is 188 Å². The van der Waals surface area contributed by atoms with Crippen LogP contribution in [0.4, 0.5) is 0 Å². The quantitative estimate of drug-likeness (QED) is 0.146. The van der Waals surface area contributed by atoms with Gasteiger partial charge >= 0.3 is 0 Å². The smallest absolute Gasteiger partial charge is 0.106 e. The highest BCUT2D eigenvalue weighted by atomic mass is 16.6. The number of hydrogen-bond donors (Lipinski definition) is 2. The first-order valence-electron chi connectivity index (χ1n) is 19.0. The molecular formula is C46H77N3O2. The summed E-state index contributed by atoms with van der Waals surface area (Å²) in [6.07, 6.45) is 0. The van der Waals surface area contributed by atoms with E-state index in [2.05, 4.69) is 130 Å². The molecule has 0 atom stereocenters. The number of nitrogens with zero attached hydrogens (tertiary/aromatic N) is 2. The molecule has 0 aliphatic rings. The van der Waals surface area contributed by atoms with E-state index >= 15 is 0 Å². The van der Waals surface area contributed by atoms with Gasteiger partial charge in [0.25, 0.3) is 0 Å². The lowest BCUT2D eigenvalue weighted by molar-refractivity contribution is 0.213. The molecule has 0 aromatic heterocycles. The summed E-state index contributed by atoms with van der Waals surface area (Å²) in [5.41, 5.74) is 17.5. The molecule has 0 aliphatic heterocycles. The van der Waals surface area contributed by atoms with Crippen LogP contribution >= 0.6 is 0 Å². The normalized spacial score (nSPS) is 10.7. The number of hydrogen-bond acceptors (Lipinski definition) is 5. The summed E-state index contributed by atoms with van der Waals surface area (Å²) in [4.78, 5) is 4.80. The van der Waals surface area contributed by atoms with E-state index in [1.165, 1.54) is 50.1 Å². The molecule has 2 N–H and O–H groups in total. The molecule has 288 valence electrons. The maximum atomic E-state index is 8.74. The van der Waals surface area contributed by atoms with E-state index in [-0.39, 0.29) is 0 Å². The van der Waals surface area contributed by atoms with Crippen molar-refractivity contribution in [1.29, 1.82) is 5.41 Å². The third kappa shape index (κ3) is 16.9. The first kappa shape index (κ1) is 51.6. The van der Waals surface area contributed by atoms with E-state index in [1.807, 2.05) is 62.3 Å². The van der Waals surface area contributed by atoms with Crippen LogP contribution in [0.15, 0.2) is 46.7 Å². The Morgan fingerprint density at radius 3 is 0.941 bits per heavy atom. The lowest BCUT2D eigenvalue weighted by Crippen LogP contribution is -2.02. The summed E-state index contributed by atoms with van der Waals surface area (Å²) in [5, 5.41) is 23.5. The van der Waals surface area contributed by atoms with Gasteiger partial charge in [-0.2, -0.15) is 0 Å². The molecule has 3 aromatic rings. The molecule has 0 saturated carbocycles. The standard InChI is InChI=1S/C14H21NO.C13H19NO.C13H19N.3C2H6/c1-9(2)14-10(3)7-13(8-11(14)4)12(5)15-16-6;1-8(2)13-9(3)6-12(7-10(13)4)11(5)14-15;1-8(2)13-9(3)6-12(11(5)14)7-10(13)4;3*1-2/h7-9H,1-6H3;6-8,15H,1-5H3;6-8,14H,1-5H3;3*1-2H3/b15-12+;14-11+;;;;. The minimum atomic E-state index is 0.533. The molecule has 0 aliphatic carbocycles. The second-order valence-electron chi connectivity index (χ2n) is 13.2. The van der Waals surface area contributed by atoms with Gasteiger partial charge in [-0.05, 0) is 183 Å². The Balaban J connectivity index is -0.000000630. The maximum Gasteiger partial charge on any atom is 0.106 e. The van der Waals surface area contributed by atoms with Gasteiger partial charge in [0.1, 0.15) is 7.11 Å². The van der Waals surface area contributed by atoms with Crippen LogP contribution in [0.3, 0.4) is 0 Å². The van der Waals surface area contributed by atoms with Gasteiger partial charge < -0.3 is 15.5 Å². The van der Waals surface area contributed by atoms with Gasteiger partial charge in [0, 0.05) is 5.71 Å². The molecule has 5 nitrogen and oxygen atoms in total. The zero-order valence-electron chi connectivity index (χ0n) is 36.9. The molecule has 0 unspecified atom stereocenters.